The molecule has 20 heavy (non-hydrogen) atoms. The van der Waals surface area contributed by atoms with Crippen LogP contribution >= 0.6 is 0 Å². The zero-order chi connectivity index (χ0) is 14.1. The van der Waals surface area contributed by atoms with Gasteiger partial charge in [-0.05, 0) is 25.0 Å². The lowest BCUT2D eigenvalue weighted by atomic mass is 10.1. The van der Waals surface area contributed by atoms with Gasteiger partial charge in [0.05, 0.1) is 11.1 Å². The third kappa shape index (κ3) is 2.01. The molecule has 1 N–H and O–H groups in total. The van der Waals surface area contributed by atoms with Crippen molar-refractivity contribution in [3.8, 4) is 0 Å². The average molecular weight is 270 g/mol. The number of carboxylic acid groups (broad SMARTS) is 1. The maximum atomic E-state index is 12.6. The Bertz CT molecular complexity index is 678. The topological polar surface area (TPSA) is 70.5 Å². The van der Waals surface area contributed by atoms with Gasteiger partial charge in [-0.2, -0.15) is 0 Å². The number of para-hydroxylation sites is 1. The first kappa shape index (κ1) is 12.6. The number of benzene rings is 1. The first-order valence-corrected chi connectivity index (χ1v) is 6.56. The zero-order valence-electron chi connectivity index (χ0n) is 10.8. The van der Waals surface area contributed by atoms with Crippen molar-refractivity contribution in [1.29, 1.82) is 0 Å². The van der Waals surface area contributed by atoms with Crippen LogP contribution in [0.3, 0.4) is 0 Å². The van der Waals surface area contributed by atoms with Crippen LogP contribution in [0, 0.1) is 0 Å². The molecule has 0 saturated carbocycles. The quantitative estimate of drug-likeness (QED) is 0.905. The van der Waals surface area contributed by atoms with E-state index in [1.807, 2.05) is 24.3 Å². The molecule has 0 radical (unpaired) electrons. The molecular weight excluding hydrogens is 256 g/mol. The van der Waals surface area contributed by atoms with Crippen molar-refractivity contribution in [2.75, 3.05) is 6.54 Å². The molecule has 1 aromatic heterocycles. The van der Waals surface area contributed by atoms with Crippen LogP contribution in [-0.2, 0) is 4.79 Å². The van der Waals surface area contributed by atoms with E-state index in [1.54, 1.807) is 12.3 Å². The van der Waals surface area contributed by atoms with Crippen LogP contribution in [0.15, 0.2) is 36.5 Å². The Morgan fingerprint density at radius 2 is 2.05 bits per heavy atom. The van der Waals surface area contributed by atoms with Gasteiger partial charge in [-0.1, -0.05) is 18.2 Å². The maximum Gasteiger partial charge on any atom is 0.326 e. The second kappa shape index (κ2) is 4.92. The Balaban J connectivity index is 2.03. The van der Waals surface area contributed by atoms with E-state index in [2.05, 4.69) is 4.98 Å². The van der Waals surface area contributed by atoms with Crippen LogP contribution in [0.25, 0.3) is 10.9 Å². The molecule has 5 heteroatoms. The van der Waals surface area contributed by atoms with Crippen LogP contribution in [0.4, 0.5) is 0 Å². The highest BCUT2D eigenvalue weighted by Crippen LogP contribution is 2.23. The van der Waals surface area contributed by atoms with E-state index in [9.17, 15) is 14.7 Å². The van der Waals surface area contributed by atoms with Crippen molar-refractivity contribution in [2.24, 2.45) is 0 Å². The minimum Gasteiger partial charge on any atom is -0.480 e. The fourth-order valence-corrected chi connectivity index (χ4v) is 2.70. The van der Waals surface area contributed by atoms with E-state index < -0.39 is 12.0 Å². The summed E-state index contributed by atoms with van der Waals surface area (Å²) in [6.45, 7) is 0.493. The monoisotopic (exact) mass is 270 g/mol. The minimum absolute atomic E-state index is 0.228. The molecule has 2 aromatic rings. The number of nitrogens with zero attached hydrogens (tertiary/aromatic N) is 2. The molecule has 2 heterocycles. The van der Waals surface area contributed by atoms with Crippen LogP contribution in [0.2, 0.25) is 0 Å². The van der Waals surface area contributed by atoms with Crippen LogP contribution in [0.5, 0.6) is 0 Å². The van der Waals surface area contributed by atoms with Gasteiger partial charge in [-0.3, -0.25) is 9.78 Å². The molecule has 1 fully saturated rings. The third-order valence-electron chi connectivity index (χ3n) is 3.68. The molecule has 1 aliphatic heterocycles. The maximum absolute atomic E-state index is 12.6. The molecule has 3 rings (SSSR count). The Kier molecular flexibility index (Phi) is 3.10. The first-order chi connectivity index (χ1) is 9.68. The number of rotatable bonds is 2. The summed E-state index contributed by atoms with van der Waals surface area (Å²) in [4.78, 5) is 29.5. The summed E-state index contributed by atoms with van der Waals surface area (Å²) in [7, 11) is 0. The minimum atomic E-state index is -0.936. The largest absolute Gasteiger partial charge is 0.480 e. The van der Waals surface area contributed by atoms with Gasteiger partial charge in [-0.25, -0.2) is 4.79 Å². The Labute approximate surface area is 115 Å². The number of fused-ring (bicyclic) bond motifs is 1. The fourth-order valence-electron chi connectivity index (χ4n) is 2.70. The summed E-state index contributed by atoms with van der Waals surface area (Å²) in [6.07, 6.45) is 2.83. The molecule has 0 spiro atoms. The van der Waals surface area contributed by atoms with Gasteiger partial charge >= 0.3 is 5.97 Å². The van der Waals surface area contributed by atoms with Gasteiger partial charge in [0.25, 0.3) is 5.91 Å². The second-order valence-corrected chi connectivity index (χ2v) is 4.87. The van der Waals surface area contributed by atoms with Crippen LogP contribution in [-0.4, -0.2) is 39.5 Å². The Hall–Kier alpha value is -2.43. The van der Waals surface area contributed by atoms with Crippen molar-refractivity contribution in [3.05, 3.63) is 42.1 Å². The van der Waals surface area contributed by atoms with E-state index >= 15 is 0 Å². The second-order valence-electron chi connectivity index (χ2n) is 4.87. The molecule has 1 amide bonds. The normalized spacial score (nSPS) is 18.4. The van der Waals surface area contributed by atoms with Crippen molar-refractivity contribution < 1.29 is 14.7 Å². The van der Waals surface area contributed by atoms with E-state index in [0.29, 0.717) is 18.5 Å². The number of pyridine rings is 1. The molecule has 0 aliphatic carbocycles. The summed E-state index contributed by atoms with van der Waals surface area (Å²) in [6, 6.07) is 8.32. The van der Waals surface area contributed by atoms with Crippen LogP contribution < -0.4 is 0 Å². The molecule has 1 saturated heterocycles. The molecule has 102 valence electrons. The van der Waals surface area contributed by atoms with E-state index in [1.165, 1.54) is 4.90 Å². The smallest absolute Gasteiger partial charge is 0.326 e. The number of carbonyl (C=O) groups excluding carboxylic acids is 1. The fraction of sp³-hybridized carbons (Fsp3) is 0.267. The average Bonchev–Trinajstić information content (AvgIpc) is 2.95. The summed E-state index contributed by atoms with van der Waals surface area (Å²) < 4.78 is 0. The summed E-state index contributed by atoms with van der Waals surface area (Å²) in [5, 5.41) is 9.95. The third-order valence-corrected chi connectivity index (χ3v) is 3.68. The predicted molar refractivity (Wildman–Crippen MR) is 73.4 cm³/mol. The van der Waals surface area contributed by atoms with Gasteiger partial charge in [0.15, 0.2) is 0 Å². The van der Waals surface area contributed by atoms with Gasteiger partial charge in [0.2, 0.25) is 0 Å². The number of carbonyl (C=O) groups is 2. The van der Waals surface area contributed by atoms with Crippen LogP contribution in [0.1, 0.15) is 23.2 Å². The molecule has 1 aliphatic rings. The first-order valence-electron chi connectivity index (χ1n) is 6.56. The molecular formula is C15H14N2O3. The number of carboxylic acids is 1. The molecule has 1 unspecified atom stereocenters. The predicted octanol–water partition coefficient (Wildman–Crippen LogP) is 1.92. The Morgan fingerprint density at radius 3 is 2.85 bits per heavy atom. The standard InChI is InChI=1S/C15H14N2O3/c18-14(17-9-3-6-13(17)15(19)20)11-7-8-16-12-5-2-1-4-10(11)12/h1-2,4-5,7-8,13H,3,6,9H2,(H,19,20). The number of hydrogen-bond acceptors (Lipinski definition) is 3. The number of aromatic nitrogens is 1. The summed E-state index contributed by atoms with van der Waals surface area (Å²) >= 11 is 0. The Morgan fingerprint density at radius 1 is 1.25 bits per heavy atom. The summed E-state index contributed by atoms with van der Waals surface area (Å²) in [5.74, 6) is -1.16. The zero-order valence-corrected chi connectivity index (χ0v) is 10.8. The lowest BCUT2D eigenvalue weighted by Crippen LogP contribution is -2.40. The summed E-state index contributed by atoms with van der Waals surface area (Å²) in [5.41, 5.74) is 1.26. The molecule has 1 aromatic carbocycles. The highest BCUT2D eigenvalue weighted by Gasteiger charge is 2.34. The van der Waals surface area contributed by atoms with Crippen molar-refractivity contribution in [3.63, 3.8) is 0 Å². The number of aliphatic carboxylic acids is 1. The number of amides is 1. The lowest BCUT2D eigenvalue weighted by molar-refractivity contribution is -0.141. The lowest BCUT2D eigenvalue weighted by Gasteiger charge is -2.22. The highest BCUT2D eigenvalue weighted by atomic mass is 16.4. The SMILES string of the molecule is O=C(O)C1CCCN1C(=O)c1ccnc2ccccc12. The van der Waals surface area contributed by atoms with Gasteiger partial charge < -0.3 is 10.0 Å². The number of likely N-dealkylation sites (tertiary alicyclic amines) is 1. The van der Waals surface area contributed by atoms with E-state index in [4.69, 9.17) is 0 Å². The van der Waals surface area contributed by atoms with Gasteiger partial charge in [0, 0.05) is 18.1 Å². The van der Waals surface area contributed by atoms with Gasteiger partial charge in [0.1, 0.15) is 6.04 Å². The van der Waals surface area contributed by atoms with Crippen molar-refractivity contribution in [2.45, 2.75) is 18.9 Å². The van der Waals surface area contributed by atoms with Crippen molar-refractivity contribution in [1.82, 2.24) is 9.88 Å². The molecule has 0 bridgehead atoms. The van der Waals surface area contributed by atoms with Gasteiger partial charge in [-0.15, -0.1) is 0 Å². The van der Waals surface area contributed by atoms with E-state index in [0.717, 1.165) is 17.3 Å². The number of hydrogen-bond donors (Lipinski definition) is 1. The highest BCUT2D eigenvalue weighted by molar-refractivity contribution is 6.07. The van der Waals surface area contributed by atoms with E-state index in [-0.39, 0.29) is 5.91 Å². The molecule has 5 nitrogen and oxygen atoms in total. The van der Waals surface area contributed by atoms with Crippen molar-refractivity contribution >= 4 is 22.8 Å². The molecule has 1 atom stereocenters.